The molecule has 2 heterocycles. The number of urea groups is 1. The molecule has 0 saturated carbocycles. The second-order valence-corrected chi connectivity index (χ2v) is 7.77. The van der Waals surface area contributed by atoms with Crippen molar-refractivity contribution in [2.75, 3.05) is 31.1 Å². The van der Waals surface area contributed by atoms with Crippen molar-refractivity contribution in [3.8, 4) is 0 Å². The van der Waals surface area contributed by atoms with Crippen molar-refractivity contribution in [1.29, 1.82) is 0 Å². The summed E-state index contributed by atoms with van der Waals surface area (Å²) in [7, 11) is 0. The summed E-state index contributed by atoms with van der Waals surface area (Å²) in [6.07, 6.45) is 7.80. The quantitative estimate of drug-likeness (QED) is 0.853. The highest BCUT2D eigenvalue weighted by molar-refractivity contribution is 5.77. The molecule has 2 fully saturated rings. The maximum absolute atomic E-state index is 12.4. The summed E-state index contributed by atoms with van der Waals surface area (Å²) in [6.45, 7) is 3.91. The first-order valence-electron chi connectivity index (χ1n) is 10.3. The molecule has 27 heavy (non-hydrogen) atoms. The topological polar surface area (TPSA) is 78.7 Å². The van der Waals surface area contributed by atoms with Crippen molar-refractivity contribution in [2.24, 2.45) is 11.7 Å². The van der Waals surface area contributed by atoms with Gasteiger partial charge in [0.1, 0.15) is 0 Å². The van der Waals surface area contributed by atoms with Crippen LogP contribution in [0.15, 0.2) is 24.3 Å². The molecule has 1 aromatic carbocycles. The van der Waals surface area contributed by atoms with Gasteiger partial charge < -0.3 is 20.9 Å². The lowest BCUT2D eigenvalue weighted by Crippen LogP contribution is -2.41. The third-order valence-corrected chi connectivity index (χ3v) is 5.71. The number of hydrogen-bond acceptors (Lipinski definition) is 3. The van der Waals surface area contributed by atoms with Crippen LogP contribution in [0.4, 0.5) is 10.5 Å². The van der Waals surface area contributed by atoms with Gasteiger partial charge in [0.05, 0.1) is 5.92 Å². The Morgan fingerprint density at radius 1 is 0.963 bits per heavy atom. The van der Waals surface area contributed by atoms with E-state index >= 15 is 0 Å². The molecule has 6 heteroatoms. The SMILES string of the molecule is NC(=O)[C@@H]1CCCN(c2ccc(CNC(=O)N3CCCCCCC3)cc2)C1. The zero-order valence-corrected chi connectivity index (χ0v) is 16.2. The lowest BCUT2D eigenvalue weighted by Gasteiger charge is -2.33. The monoisotopic (exact) mass is 372 g/mol. The van der Waals surface area contributed by atoms with Gasteiger partial charge in [0.2, 0.25) is 5.91 Å². The molecule has 0 aromatic heterocycles. The standard InChI is InChI=1S/C21H32N4O2/c22-20(26)18-7-6-14-25(16-18)19-10-8-17(9-11-19)15-23-21(27)24-12-4-2-1-3-5-13-24/h8-11,18H,1-7,12-16H2,(H2,22,26)(H,23,27)/t18-/m1/s1. The van der Waals surface area contributed by atoms with Gasteiger partial charge in [-0.25, -0.2) is 4.79 Å². The summed E-state index contributed by atoms with van der Waals surface area (Å²) in [5.41, 5.74) is 7.67. The highest BCUT2D eigenvalue weighted by Crippen LogP contribution is 2.23. The van der Waals surface area contributed by atoms with E-state index in [1.165, 1.54) is 19.3 Å². The fourth-order valence-corrected chi connectivity index (χ4v) is 4.01. The highest BCUT2D eigenvalue weighted by atomic mass is 16.2. The van der Waals surface area contributed by atoms with E-state index in [1.807, 2.05) is 4.90 Å². The zero-order valence-electron chi connectivity index (χ0n) is 16.2. The summed E-state index contributed by atoms with van der Waals surface area (Å²) in [5.74, 6) is -0.265. The van der Waals surface area contributed by atoms with Crippen LogP contribution in [0.3, 0.4) is 0 Å². The number of amides is 3. The average Bonchev–Trinajstić information content (AvgIpc) is 2.66. The minimum Gasteiger partial charge on any atom is -0.371 e. The first-order valence-corrected chi connectivity index (χ1v) is 10.3. The molecular formula is C21H32N4O2. The number of piperidine rings is 1. The van der Waals surface area contributed by atoms with E-state index in [0.29, 0.717) is 13.1 Å². The van der Waals surface area contributed by atoms with Gasteiger partial charge in [0.15, 0.2) is 0 Å². The molecule has 0 spiro atoms. The average molecular weight is 373 g/mol. The van der Waals surface area contributed by atoms with Crippen molar-refractivity contribution in [2.45, 2.75) is 51.5 Å². The number of anilines is 1. The van der Waals surface area contributed by atoms with Crippen molar-refractivity contribution < 1.29 is 9.59 Å². The van der Waals surface area contributed by atoms with Gasteiger partial charge >= 0.3 is 6.03 Å². The lowest BCUT2D eigenvalue weighted by atomic mass is 9.97. The van der Waals surface area contributed by atoms with Gasteiger partial charge in [-0.1, -0.05) is 31.4 Å². The molecule has 0 bridgehead atoms. The Morgan fingerprint density at radius 3 is 2.30 bits per heavy atom. The van der Waals surface area contributed by atoms with Gasteiger partial charge in [-0.3, -0.25) is 4.79 Å². The van der Waals surface area contributed by atoms with Crippen LogP contribution in [0.1, 0.15) is 50.5 Å². The van der Waals surface area contributed by atoms with E-state index in [1.54, 1.807) is 0 Å². The Morgan fingerprint density at radius 2 is 1.63 bits per heavy atom. The number of benzene rings is 1. The second kappa shape index (κ2) is 9.62. The van der Waals surface area contributed by atoms with Gasteiger partial charge in [0.25, 0.3) is 0 Å². The van der Waals surface area contributed by atoms with E-state index in [4.69, 9.17) is 5.73 Å². The number of nitrogens with two attached hydrogens (primary N) is 1. The molecule has 2 saturated heterocycles. The molecule has 0 unspecified atom stereocenters. The maximum atomic E-state index is 12.4. The minimum atomic E-state index is -0.205. The molecule has 2 aliphatic heterocycles. The Kier molecular flexibility index (Phi) is 6.96. The van der Waals surface area contributed by atoms with E-state index in [2.05, 4.69) is 34.5 Å². The van der Waals surface area contributed by atoms with Gasteiger partial charge in [-0.05, 0) is 43.4 Å². The number of hydrogen-bond donors (Lipinski definition) is 2. The van der Waals surface area contributed by atoms with E-state index in [0.717, 1.165) is 56.6 Å². The predicted molar refractivity (Wildman–Crippen MR) is 107 cm³/mol. The van der Waals surface area contributed by atoms with E-state index < -0.39 is 0 Å². The van der Waals surface area contributed by atoms with Gasteiger partial charge in [-0.2, -0.15) is 0 Å². The van der Waals surface area contributed by atoms with Crippen molar-refractivity contribution in [3.63, 3.8) is 0 Å². The summed E-state index contributed by atoms with van der Waals surface area (Å²) >= 11 is 0. The Labute approximate surface area is 162 Å². The molecule has 2 aliphatic rings. The van der Waals surface area contributed by atoms with Crippen LogP contribution in [-0.4, -0.2) is 43.0 Å². The maximum Gasteiger partial charge on any atom is 0.317 e. The van der Waals surface area contributed by atoms with Crippen LogP contribution in [-0.2, 0) is 11.3 Å². The Balaban J connectivity index is 1.50. The van der Waals surface area contributed by atoms with Crippen molar-refractivity contribution in [1.82, 2.24) is 10.2 Å². The van der Waals surface area contributed by atoms with Gasteiger partial charge in [0, 0.05) is 38.4 Å². The summed E-state index contributed by atoms with van der Waals surface area (Å²) in [4.78, 5) is 28.0. The van der Waals surface area contributed by atoms with Crippen LogP contribution >= 0.6 is 0 Å². The predicted octanol–water partition coefficient (Wildman–Crippen LogP) is 2.86. The first kappa shape index (κ1) is 19.5. The normalized spacial score (nSPS) is 21.3. The minimum absolute atomic E-state index is 0.0429. The highest BCUT2D eigenvalue weighted by Gasteiger charge is 2.24. The molecule has 3 amide bonds. The Bertz CT molecular complexity index is 624. The van der Waals surface area contributed by atoms with Crippen LogP contribution in [0.5, 0.6) is 0 Å². The number of nitrogens with zero attached hydrogens (tertiary/aromatic N) is 2. The van der Waals surface area contributed by atoms with Crippen LogP contribution in [0.2, 0.25) is 0 Å². The smallest absolute Gasteiger partial charge is 0.317 e. The third kappa shape index (κ3) is 5.62. The molecule has 3 rings (SSSR count). The zero-order chi connectivity index (χ0) is 19.1. The number of carbonyl (C=O) groups is 2. The molecule has 3 N–H and O–H groups in total. The lowest BCUT2D eigenvalue weighted by molar-refractivity contribution is -0.122. The van der Waals surface area contributed by atoms with Crippen LogP contribution in [0, 0.1) is 5.92 Å². The molecule has 6 nitrogen and oxygen atoms in total. The van der Waals surface area contributed by atoms with Crippen molar-refractivity contribution >= 4 is 17.6 Å². The molecule has 0 radical (unpaired) electrons. The van der Waals surface area contributed by atoms with E-state index in [-0.39, 0.29) is 17.9 Å². The molecule has 148 valence electrons. The summed E-state index contributed by atoms with van der Waals surface area (Å²) < 4.78 is 0. The number of rotatable bonds is 4. The Hall–Kier alpha value is -2.24. The number of primary amides is 1. The molecule has 0 aliphatic carbocycles. The number of nitrogens with one attached hydrogen (secondary N) is 1. The van der Waals surface area contributed by atoms with E-state index in [9.17, 15) is 9.59 Å². The molecular weight excluding hydrogens is 340 g/mol. The molecule has 1 aromatic rings. The fourth-order valence-electron chi connectivity index (χ4n) is 4.01. The summed E-state index contributed by atoms with van der Waals surface area (Å²) in [6, 6.07) is 8.29. The van der Waals surface area contributed by atoms with Gasteiger partial charge in [-0.15, -0.1) is 0 Å². The third-order valence-electron chi connectivity index (χ3n) is 5.71. The summed E-state index contributed by atoms with van der Waals surface area (Å²) in [5, 5.41) is 3.05. The molecule has 1 atom stereocenters. The largest absolute Gasteiger partial charge is 0.371 e. The first-order chi connectivity index (χ1) is 13.1. The van der Waals surface area contributed by atoms with Crippen LogP contribution < -0.4 is 16.0 Å². The second-order valence-electron chi connectivity index (χ2n) is 7.77. The number of carbonyl (C=O) groups excluding carboxylic acids is 2. The van der Waals surface area contributed by atoms with Crippen LogP contribution in [0.25, 0.3) is 0 Å². The fraction of sp³-hybridized carbons (Fsp3) is 0.619. The number of likely N-dealkylation sites (tertiary alicyclic amines) is 1. The van der Waals surface area contributed by atoms with Crippen molar-refractivity contribution in [3.05, 3.63) is 29.8 Å².